The van der Waals surface area contributed by atoms with Gasteiger partial charge in [0.1, 0.15) is 23.3 Å². The molecule has 1 fully saturated rings. The Balaban J connectivity index is 1.77. The Morgan fingerprint density at radius 1 is 1.24 bits per heavy atom. The largest absolute Gasteiger partial charge is 0.378 e. The number of hydrogen-bond acceptors (Lipinski definition) is 7. The van der Waals surface area contributed by atoms with Crippen molar-refractivity contribution in [1.29, 1.82) is 0 Å². The summed E-state index contributed by atoms with van der Waals surface area (Å²) in [4.78, 5) is 24.7. The topological polar surface area (TPSA) is 87.2 Å². The van der Waals surface area contributed by atoms with Gasteiger partial charge >= 0.3 is 0 Å². The zero-order valence-corrected chi connectivity index (χ0v) is 16.7. The molecule has 1 saturated heterocycles. The first-order valence-corrected chi connectivity index (χ1v) is 10.0. The fraction of sp³-hybridized carbons (Fsp3) is 0.429. The predicted molar refractivity (Wildman–Crippen MR) is 113 cm³/mol. The van der Waals surface area contributed by atoms with Crippen LogP contribution in [-0.4, -0.2) is 66.3 Å². The van der Waals surface area contributed by atoms with Gasteiger partial charge in [0.05, 0.1) is 18.9 Å². The standard InChI is InChI=1S/C21H26N6O2/c1-26(9-3-2-4-12-28)18-15-19(27-10-13-29-14-11-27)24-20-16(18)5-7-22-21(20)17-6-8-23-25-17/h5-8,12,15H,2-4,9-11,13-14H2,1H3,(H,23,25). The van der Waals surface area contributed by atoms with Crippen LogP contribution >= 0.6 is 0 Å². The summed E-state index contributed by atoms with van der Waals surface area (Å²) in [7, 11) is 2.09. The minimum absolute atomic E-state index is 0.609. The molecule has 0 amide bonds. The summed E-state index contributed by atoms with van der Waals surface area (Å²) in [6, 6.07) is 6.08. The van der Waals surface area contributed by atoms with E-state index in [2.05, 4.69) is 38.1 Å². The van der Waals surface area contributed by atoms with Gasteiger partial charge in [0.2, 0.25) is 0 Å². The molecule has 0 unspecified atom stereocenters. The number of nitrogens with one attached hydrogen (secondary N) is 1. The number of morpholine rings is 1. The van der Waals surface area contributed by atoms with Gasteiger partial charge in [0.15, 0.2) is 0 Å². The highest BCUT2D eigenvalue weighted by atomic mass is 16.5. The predicted octanol–water partition coefficient (Wildman–Crippen LogP) is 2.66. The van der Waals surface area contributed by atoms with Gasteiger partial charge in [-0.1, -0.05) is 0 Å². The molecule has 8 nitrogen and oxygen atoms in total. The van der Waals surface area contributed by atoms with Crippen LogP contribution in [0.3, 0.4) is 0 Å². The van der Waals surface area contributed by atoms with Gasteiger partial charge in [-0.15, -0.1) is 0 Å². The summed E-state index contributed by atoms with van der Waals surface area (Å²) in [5, 5.41) is 8.14. The molecule has 0 aliphatic carbocycles. The SMILES string of the molecule is CN(CCCCC=O)c1cc(N2CCOCC2)nc2c(-c3ccn[nH]3)nccc12. The molecule has 0 radical (unpaired) electrons. The quantitative estimate of drug-likeness (QED) is 0.464. The van der Waals surface area contributed by atoms with E-state index < -0.39 is 0 Å². The number of rotatable bonds is 8. The number of aromatic nitrogens is 4. The zero-order chi connectivity index (χ0) is 20.1. The van der Waals surface area contributed by atoms with Crippen molar-refractivity contribution in [2.75, 3.05) is 49.7 Å². The number of carbonyl (C=O) groups excluding carboxylic acids is 1. The monoisotopic (exact) mass is 394 g/mol. The molecule has 8 heteroatoms. The lowest BCUT2D eigenvalue weighted by molar-refractivity contribution is -0.107. The average Bonchev–Trinajstić information content (AvgIpc) is 3.31. The van der Waals surface area contributed by atoms with Gasteiger partial charge in [0.25, 0.3) is 0 Å². The molecule has 0 saturated carbocycles. The minimum Gasteiger partial charge on any atom is -0.378 e. The summed E-state index contributed by atoms with van der Waals surface area (Å²) in [5.41, 5.74) is 3.62. The van der Waals surface area contributed by atoms with E-state index in [1.165, 1.54) is 0 Å². The van der Waals surface area contributed by atoms with E-state index in [0.29, 0.717) is 19.6 Å². The molecular formula is C21H26N6O2. The first-order valence-electron chi connectivity index (χ1n) is 10.0. The summed E-state index contributed by atoms with van der Waals surface area (Å²) >= 11 is 0. The number of aldehydes is 1. The third-order valence-corrected chi connectivity index (χ3v) is 5.26. The van der Waals surface area contributed by atoms with Gasteiger partial charge in [0, 0.05) is 62.6 Å². The number of pyridine rings is 2. The highest BCUT2D eigenvalue weighted by Crippen LogP contribution is 2.34. The van der Waals surface area contributed by atoms with Crippen molar-refractivity contribution in [1.82, 2.24) is 20.2 Å². The zero-order valence-electron chi connectivity index (χ0n) is 16.7. The Morgan fingerprint density at radius 3 is 2.86 bits per heavy atom. The van der Waals surface area contributed by atoms with E-state index in [1.807, 2.05) is 18.3 Å². The second kappa shape index (κ2) is 9.00. The summed E-state index contributed by atoms with van der Waals surface area (Å²) in [6.45, 7) is 3.92. The number of H-pyrrole nitrogens is 1. The molecule has 3 aromatic rings. The van der Waals surface area contributed by atoms with E-state index in [-0.39, 0.29) is 0 Å². The third kappa shape index (κ3) is 4.22. The highest BCUT2D eigenvalue weighted by molar-refractivity contribution is 5.99. The Kier molecular flexibility index (Phi) is 6.00. The molecule has 0 aromatic carbocycles. The van der Waals surface area contributed by atoms with Crippen LogP contribution in [0.4, 0.5) is 11.5 Å². The molecule has 0 bridgehead atoms. The average molecular weight is 394 g/mol. The molecule has 4 heterocycles. The van der Waals surface area contributed by atoms with Crippen molar-refractivity contribution in [3.63, 3.8) is 0 Å². The van der Waals surface area contributed by atoms with E-state index in [0.717, 1.165) is 72.6 Å². The lowest BCUT2D eigenvalue weighted by atomic mass is 10.1. The molecule has 29 heavy (non-hydrogen) atoms. The molecule has 152 valence electrons. The number of unbranched alkanes of at least 4 members (excludes halogenated alkanes) is 2. The summed E-state index contributed by atoms with van der Waals surface area (Å²) < 4.78 is 5.51. The van der Waals surface area contributed by atoms with Crippen molar-refractivity contribution in [2.45, 2.75) is 19.3 Å². The van der Waals surface area contributed by atoms with Crippen LogP contribution in [0, 0.1) is 0 Å². The Bertz CT molecular complexity index is 953. The fourth-order valence-corrected chi connectivity index (χ4v) is 3.67. The van der Waals surface area contributed by atoms with Crippen molar-refractivity contribution >= 4 is 28.7 Å². The van der Waals surface area contributed by atoms with Gasteiger partial charge in [-0.2, -0.15) is 5.10 Å². The number of hydrogen-bond donors (Lipinski definition) is 1. The van der Waals surface area contributed by atoms with Crippen molar-refractivity contribution < 1.29 is 9.53 Å². The Hall–Kier alpha value is -3.00. The van der Waals surface area contributed by atoms with Crippen molar-refractivity contribution in [3.05, 3.63) is 30.6 Å². The summed E-state index contributed by atoms with van der Waals surface area (Å²) in [6.07, 6.45) is 7.00. The number of ether oxygens (including phenoxy) is 1. The van der Waals surface area contributed by atoms with E-state index in [1.54, 1.807) is 6.20 Å². The minimum atomic E-state index is 0.609. The van der Waals surface area contributed by atoms with Crippen LogP contribution in [0.2, 0.25) is 0 Å². The number of fused-ring (bicyclic) bond motifs is 1. The highest BCUT2D eigenvalue weighted by Gasteiger charge is 2.19. The Labute approximate surface area is 169 Å². The van der Waals surface area contributed by atoms with Gasteiger partial charge < -0.3 is 19.3 Å². The van der Waals surface area contributed by atoms with E-state index in [4.69, 9.17) is 9.72 Å². The van der Waals surface area contributed by atoms with Crippen LogP contribution in [-0.2, 0) is 9.53 Å². The maximum absolute atomic E-state index is 10.6. The second-order valence-electron chi connectivity index (χ2n) is 7.21. The number of nitrogens with zero attached hydrogens (tertiary/aromatic N) is 5. The maximum atomic E-state index is 10.6. The van der Waals surface area contributed by atoms with Crippen LogP contribution in [0.15, 0.2) is 30.6 Å². The normalized spacial score (nSPS) is 14.3. The molecular weight excluding hydrogens is 368 g/mol. The maximum Gasteiger partial charge on any atom is 0.131 e. The molecule has 1 aliphatic heterocycles. The first kappa shape index (κ1) is 19.3. The van der Waals surface area contributed by atoms with Gasteiger partial charge in [-0.25, -0.2) is 4.98 Å². The van der Waals surface area contributed by atoms with Crippen LogP contribution < -0.4 is 9.80 Å². The van der Waals surface area contributed by atoms with Crippen molar-refractivity contribution in [2.24, 2.45) is 0 Å². The lowest BCUT2D eigenvalue weighted by Gasteiger charge is -2.30. The molecule has 3 aromatic heterocycles. The van der Waals surface area contributed by atoms with Gasteiger partial charge in [-0.05, 0) is 25.0 Å². The van der Waals surface area contributed by atoms with Crippen LogP contribution in [0.25, 0.3) is 22.3 Å². The summed E-state index contributed by atoms with van der Waals surface area (Å²) in [5.74, 6) is 0.935. The van der Waals surface area contributed by atoms with Crippen LogP contribution in [0.1, 0.15) is 19.3 Å². The second-order valence-corrected chi connectivity index (χ2v) is 7.21. The van der Waals surface area contributed by atoms with Crippen LogP contribution in [0.5, 0.6) is 0 Å². The molecule has 4 rings (SSSR count). The Morgan fingerprint density at radius 2 is 2.10 bits per heavy atom. The molecule has 1 N–H and O–H groups in total. The fourth-order valence-electron chi connectivity index (χ4n) is 3.67. The number of aromatic amines is 1. The van der Waals surface area contributed by atoms with Crippen molar-refractivity contribution in [3.8, 4) is 11.4 Å². The number of carbonyl (C=O) groups is 1. The van der Waals surface area contributed by atoms with Gasteiger partial charge in [-0.3, -0.25) is 10.1 Å². The number of anilines is 2. The van der Waals surface area contributed by atoms with E-state index in [9.17, 15) is 4.79 Å². The third-order valence-electron chi connectivity index (χ3n) is 5.26. The molecule has 0 spiro atoms. The lowest BCUT2D eigenvalue weighted by Crippen LogP contribution is -2.37. The molecule has 0 atom stereocenters. The van der Waals surface area contributed by atoms with E-state index >= 15 is 0 Å². The first-order chi connectivity index (χ1) is 14.3. The smallest absolute Gasteiger partial charge is 0.131 e. The molecule has 1 aliphatic rings.